The van der Waals surface area contributed by atoms with Gasteiger partial charge in [0.25, 0.3) is 0 Å². The number of nitrogen functional groups attached to an aromatic ring is 1. The number of nitrogens with zero attached hydrogens (tertiary/aromatic N) is 1. The van der Waals surface area contributed by atoms with Crippen LogP contribution >= 0.6 is 0 Å². The van der Waals surface area contributed by atoms with Gasteiger partial charge in [-0.25, -0.2) is 4.98 Å². The van der Waals surface area contributed by atoms with Gasteiger partial charge < -0.3 is 11.1 Å². The smallest absolute Gasteiger partial charge is 0.146 e. The first-order valence-electron chi connectivity index (χ1n) is 5.96. The zero-order chi connectivity index (χ0) is 12.1. The van der Waals surface area contributed by atoms with Crippen LogP contribution in [0.25, 0.3) is 0 Å². The Morgan fingerprint density at radius 3 is 2.38 bits per heavy atom. The minimum atomic E-state index is 0.578. The Morgan fingerprint density at radius 1 is 1.25 bits per heavy atom. The fourth-order valence-electron chi connectivity index (χ4n) is 2.04. The predicted molar refractivity (Wildman–Crippen MR) is 70.3 cm³/mol. The van der Waals surface area contributed by atoms with Crippen molar-refractivity contribution in [2.75, 3.05) is 17.6 Å². The normalized spacial score (nSPS) is 11.4. The van der Waals surface area contributed by atoms with Crippen molar-refractivity contribution in [3.05, 3.63) is 18.3 Å². The summed E-state index contributed by atoms with van der Waals surface area (Å²) in [5.41, 5.74) is 6.72. The van der Waals surface area contributed by atoms with Crippen molar-refractivity contribution >= 4 is 11.5 Å². The quantitative estimate of drug-likeness (QED) is 0.803. The molecule has 3 N–H and O–H groups in total. The van der Waals surface area contributed by atoms with Gasteiger partial charge in [0, 0.05) is 12.7 Å². The molecule has 0 aliphatic heterocycles. The summed E-state index contributed by atoms with van der Waals surface area (Å²) in [6.45, 7) is 10.0. The van der Waals surface area contributed by atoms with Gasteiger partial charge in [-0.15, -0.1) is 0 Å². The fraction of sp³-hybridized carbons (Fsp3) is 0.615. The van der Waals surface area contributed by atoms with E-state index >= 15 is 0 Å². The Hall–Kier alpha value is -1.25. The molecule has 0 radical (unpaired) electrons. The van der Waals surface area contributed by atoms with Crippen LogP contribution in [0.4, 0.5) is 11.5 Å². The monoisotopic (exact) mass is 221 g/mol. The highest BCUT2D eigenvalue weighted by Gasteiger charge is 2.17. The highest BCUT2D eigenvalue weighted by Crippen LogP contribution is 2.22. The molecule has 16 heavy (non-hydrogen) atoms. The topological polar surface area (TPSA) is 50.9 Å². The van der Waals surface area contributed by atoms with E-state index in [0.29, 0.717) is 23.6 Å². The molecule has 0 atom stereocenters. The van der Waals surface area contributed by atoms with Crippen molar-refractivity contribution in [3.63, 3.8) is 0 Å². The zero-order valence-electron chi connectivity index (χ0n) is 10.7. The van der Waals surface area contributed by atoms with E-state index in [0.717, 1.165) is 12.2 Å². The van der Waals surface area contributed by atoms with Crippen LogP contribution in [0.2, 0.25) is 0 Å². The maximum absolute atomic E-state index is 5.79. The van der Waals surface area contributed by atoms with E-state index < -0.39 is 0 Å². The molecule has 0 bridgehead atoms. The lowest BCUT2D eigenvalue weighted by Crippen LogP contribution is -2.24. The minimum Gasteiger partial charge on any atom is -0.382 e. The summed E-state index contributed by atoms with van der Waals surface area (Å²) >= 11 is 0. The van der Waals surface area contributed by atoms with Gasteiger partial charge in [0.2, 0.25) is 0 Å². The van der Waals surface area contributed by atoms with E-state index in [1.807, 2.05) is 12.1 Å². The third-order valence-corrected chi connectivity index (χ3v) is 3.08. The molecule has 90 valence electrons. The average Bonchev–Trinajstić information content (AvgIpc) is 2.20. The van der Waals surface area contributed by atoms with Crippen LogP contribution in [0.5, 0.6) is 0 Å². The van der Waals surface area contributed by atoms with Gasteiger partial charge in [0.15, 0.2) is 0 Å². The second kappa shape index (κ2) is 5.73. The molecule has 0 saturated heterocycles. The Kier molecular flexibility index (Phi) is 4.59. The molecule has 1 aromatic rings. The summed E-state index contributed by atoms with van der Waals surface area (Å²) in [7, 11) is 0. The van der Waals surface area contributed by atoms with Crippen LogP contribution in [0.15, 0.2) is 18.3 Å². The Morgan fingerprint density at radius 2 is 1.88 bits per heavy atom. The van der Waals surface area contributed by atoms with Gasteiger partial charge >= 0.3 is 0 Å². The van der Waals surface area contributed by atoms with Crippen LogP contribution in [0.1, 0.15) is 27.7 Å². The number of hydrogen-bond donors (Lipinski definition) is 2. The van der Waals surface area contributed by atoms with Crippen molar-refractivity contribution in [2.24, 2.45) is 17.8 Å². The lowest BCUT2D eigenvalue weighted by atomic mass is 9.85. The summed E-state index contributed by atoms with van der Waals surface area (Å²) < 4.78 is 0. The third kappa shape index (κ3) is 3.40. The molecular formula is C13H23N3. The first kappa shape index (κ1) is 12.8. The number of rotatable bonds is 5. The third-order valence-electron chi connectivity index (χ3n) is 3.08. The summed E-state index contributed by atoms with van der Waals surface area (Å²) in [6.07, 6.45) is 1.71. The van der Waals surface area contributed by atoms with E-state index in [1.165, 1.54) is 0 Å². The Bertz CT molecular complexity index is 313. The van der Waals surface area contributed by atoms with Gasteiger partial charge in [-0.2, -0.15) is 0 Å². The molecule has 0 spiro atoms. The van der Waals surface area contributed by atoms with Gasteiger partial charge in [-0.3, -0.25) is 0 Å². The van der Waals surface area contributed by atoms with E-state index in [4.69, 9.17) is 5.73 Å². The lowest BCUT2D eigenvalue weighted by Gasteiger charge is -2.25. The molecule has 1 rings (SSSR count). The van der Waals surface area contributed by atoms with Crippen LogP contribution in [-0.4, -0.2) is 11.5 Å². The Labute approximate surface area is 98.5 Å². The molecule has 0 fully saturated rings. The summed E-state index contributed by atoms with van der Waals surface area (Å²) in [5, 5.41) is 3.39. The second-order valence-electron chi connectivity index (χ2n) is 4.97. The molecule has 0 saturated carbocycles. The summed E-state index contributed by atoms with van der Waals surface area (Å²) in [5.74, 6) is 2.57. The SMILES string of the molecule is CC(C)C(CNc1cccnc1N)C(C)C. The summed E-state index contributed by atoms with van der Waals surface area (Å²) in [6, 6.07) is 3.87. The molecule has 3 nitrogen and oxygen atoms in total. The highest BCUT2D eigenvalue weighted by molar-refractivity contribution is 5.60. The molecule has 0 aromatic carbocycles. The van der Waals surface area contributed by atoms with Crippen molar-refractivity contribution in [1.82, 2.24) is 4.98 Å². The molecule has 1 aromatic heterocycles. The van der Waals surface area contributed by atoms with Crippen LogP contribution in [-0.2, 0) is 0 Å². The largest absolute Gasteiger partial charge is 0.382 e. The molecule has 3 heteroatoms. The number of aromatic nitrogens is 1. The highest BCUT2D eigenvalue weighted by atomic mass is 14.9. The van der Waals surface area contributed by atoms with Crippen LogP contribution < -0.4 is 11.1 Å². The molecule has 0 aliphatic rings. The number of nitrogens with one attached hydrogen (secondary N) is 1. The van der Waals surface area contributed by atoms with Crippen molar-refractivity contribution in [1.29, 1.82) is 0 Å². The van der Waals surface area contributed by atoms with Crippen molar-refractivity contribution in [2.45, 2.75) is 27.7 Å². The molecule has 0 aliphatic carbocycles. The van der Waals surface area contributed by atoms with Crippen molar-refractivity contribution in [3.8, 4) is 0 Å². The van der Waals surface area contributed by atoms with Gasteiger partial charge in [-0.05, 0) is 29.9 Å². The second-order valence-corrected chi connectivity index (χ2v) is 4.97. The number of anilines is 2. The molecule has 0 amide bonds. The van der Waals surface area contributed by atoms with E-state index in [-0.39, 0.29) is 0 Å². The van der Waals surface area contributed by atoms with Crippen LogP contribution in [0.3, 0.4) is 0 Å². The predicted octanol–water partition coefficient (Wildman–Crippen LogP) is 3.00. The number of hydrogen-bond acceptors (Lipinski definition) is 3. The minimum absolute atomic E-state index is 0.578. The van der Waals surface area contributed by atoms with E-state index in [2.05, 4.69) is 38.0 Å². The van der Waals surface area contributed by atoms with Crippen LogP contribution in [0, 0.1) is 17.8 Å². The fourth-order valence-corrected chi connectivity index (χ4v) is 2.04. The molecule has 1 heterocycles. The first-order valence-corrected chi connectivity index (χ1v) is 5.96. The van der Waals surface area contributed by atoms with Gasteiger partial charge in [0.1, 0.15) is 5.82 Å². The van der Waals surface area contributed by atoms with Gasteiger partial charge in [-0.1, -0.05) is 27.7 Å². The summed E-state index contributed by atoms with van der Waals surface area (Å²) in [4.78, 5) is 4.06. The Balaban J connectivity index is 2.59. The molecular weight excluding hydrogens is 198 g/mol. The van der Waals surface area contributed by atoms with Gasteiger partial charge in [0.05, 0.1) is 5.69 Å². The lowest BCUT2D eigenvalue weighted by molar-refractivity contribution is 0.304. The first-order chi connectivity index (χ1) is 7.52. The number of nitrogens with two attached hydrogens (primary N) is 1. The van der Waals surface area contributed by atoms with E-state index in [1.54, 1.807) is 6.20 Å². The van der Waals surface area contributed by atoms with E-state index in [9.17, 15) is 0 Å². The number of pyridine rings is 1. The maximum atomic E-state index is 5.79. The maximum Gasteiger partial charge on any atom is 0.146 e. The zero-order valence-corrected chi connectivity index (χ0v) is 10.7. The molecule has 0 unspecified atom stereocenters. The standard InChI is InChI=1S/C13H23N3/c1-9(2)11(10(3)4)8-16-12-6-5-7-15-13(12)14/h5-7,9-11,16H,8H2,1-4H3,(H2,14,15). The van der Waals surface area contributed by atoms with Crippen molar-refractivity contribution < 1.29 is 0 Å². The average molecular weight is 221 g/mol.